The minimum Gasteiger partial charge on any atom is -0.455 e. The van der Waals surface area contributed by atoms with Gasteiger partial charge in [0, 0.05) is 11.6 Å². The average molecular weight is 367 g/mol. The summed E-state index contributed by atoms with van der Waals surface area (Å²) in [5.74, 6) is 1.28. The van der Waals surface area contributed by atoms with Crippen molar-refractivity contribution in [3.8, 4) is 11.5 Å². The van der Waals surface area contributed by atoms with E-state index in [4.69, 9.17) is 16.3 Å². The second kappa shape index (κ2) is 8.92. The molecule has 0 spiro atoms. The maximum atomic E-state index is 12.1. The van der Waals surface area contributed by atoms with Crippen LogP contribution >= 0.6 is 11.6 Å². The normalized spacial score (nSPS) is 10.2. The quantitative estimate of drug-likeness (QED) is 0.627. The lowest BCUT2D eigenvalue weighted by Gasteiger charge is -2.13. The minimum absolute atomic E-state index is 0.126. The first-order valence-corrected chi connectivity index (χ1v) is 8.66. The number of anilines is 1. The van der Waals surface area contributed by atoms with Gasteiger partial charge in [-0.3, -0.25) is 4.79 Å². The fourth-order valence-corrected chi connectivity index (χ4v) is 2.59. The second-order valence-electron chi connectivity index (χ2n) is 5.63. The number of rotatable bonds is 7. The van der Waals surface area contributed by atoms with Crippen LogP contribution < -0.4 is 15.4 Å². The number of hydrogen-bond acceptors (Lipinski definition) is 3. The van der Waals surface area contributed by atoms with Gasteiger partial charge in [0.2, 0.25) is 5.91 Å². The molecule has 4 nitrogen and oxygen atoms in total. The predicted octanol–water partition coefficient (Wildman–Crippen LogP) is 4.86. The molecule has 0 bridgehead atoms. The van der Waals surface area contributed by atoms with Crippen molar-refractivity contribution in [1.29, 1.82) is 0 Å². The van der Waals surface area contributed by atoms with Crippen LogP contribution in [0, 0.1) is 0 Å². The lowest BCUT2D eigenvalue weighted by Crippen LogP contribution is -2.29. The van der Waals surface area contributed by atoms with Gasteiger partial charge < -0.3 is 15.4 Å². The zero-order chi connectivity index (χ0) is 18.2. The number of benzene rings is 3. The maximum absolute atomic E-state index is 12.1. The molecule has 0 unspecified atom stereocenters. The highest BCUT2D eigenvalue weighted by atomic mass is 35.5. The van der Waals surface area contributed by atoms with Crippen molar-refractivity contribution in [1.82, 2.24) is 5.32 Å². The van der Waals surface area contributed by atoms with Crippen molar-refractivity contribution < 1.29 is 9.53 Å². The molecule has 26 heavy (non-hydrogen) atoms. The fourth-order valence-electron chi connectivity index (χ4n) is 2.39. The monoisotopic (exact) mass is 366 g/mol. The molecular weight excluding hydrogens is 348 g/mol. The van der Waals surface area contributed by atoms with Crippen molar-refractivity contribution in [2.45, 2.75) is 6.54 Å². The molecule has 1 amide bonds. The Balaban J connectivity index is 1.56. The summed E-state index contributed by atoms with van der Waals surface area (Å²) in [6, 6.07) is 24.5. The van der Waals surface area contributed by atoms with E-state index in [9.17, 15) is 4.79 Å². The SMILES string of the molecule is O=C(CNc1ccccc1Oc1ccccc1)NCc1ccccc1Cl. The number of ether oxygens (including phenoxy) is 1. The first-order chi connectivity index (χ1) is 12.7. The number of hydrogen-bond donors (Lipinski definition) is 2. The second-order valence-corrected chi connectivity index (χ2v) is 6.04. The molecule has 0 aromatic heterocycles. The molecule has 0 fully saturated rings. The molecule has 0 radical (unpaired) electrons. The highest BCUT2D eigenvalue weighted by Gasteiger charge is 2.07. The molecule has 0 saturated carbocycles. The summed E-state index contributed by atoms with van der Waals surface area (Å²) >= 11 is 6.09. The lowest BCUT2D eigenvalue weighted by atomic mass is 10.2. The largest absolute Gasteiger partial charge is 0.455 e. The van der Waals surface area contributed by atoms with Crippen LogP contribution in [0.1, 0.15) is 5.56 Å². The molecule has 5 heteroatoms. The Labute approximate surface area is 157 Å². The third-order valence-corrected chi connectivity index (χ3v) is 4.10. The van der Waals surface area contributed by atoms with Crippen LogP contribution in [0.5, 0.6) is 11.5 Å². The van der Waals surface area contributed by atoms with E-state index in [2.05, 4.69) is 10.6 Å². The number of carbonyl (C=O) groups is 1. The first-order valence-electron chi connectivity index (χ1n) is 8.28. The minimum atomic E-state index is -0.126. The average Bonchev–Trinajstić information content (AvgIpc) is 2.67. The number of carbonyl (C=O) groups excluding carboxylic acids is 1. The summed E-state index contributed by atoms with van der Waals surface area (Å²) in [6.45, 7) is 0.530. The highest BCUT2D eigenvalue weighted by molar-refractivity contribution is 6.31. The topological polar surface area (TPSA) is 50.4 Å². The molecule has 0 aliphatic heterocycles. The molecule has 3 aromatic rings. The summed E-state index contributed by atoms with van der Waals surface area (Å²) in [6.07, 6.45) is 0. The molecule has 0 aliphatic carbocycles. The van der Waals surface area contributed by atoms with Gasteiger partial charge in [-0.1, -0.05) is 60.1 Å². The highest BCUT2D eigenvalue weighted by Crippen LogP contribution is 2.28. The van der Waals surface area contributed by atoms with Crippen molar-refractivity contribution >= 4 is 23.2 Å². The smallest absolute Gasteiger partial charge is 0.239 e. The summed E-state index contributed by atoms with van der Waals surface area (Å²) in [5, 5.41) is 6.61. The first kappa shape index (κ1) is 17.8. The van der Waals surface area contributed by atoms with Gasteiger partial charge in [0.1, 0.15) is 5.75 Å². The Bertz CT molecular complexity index is 869. The molecule has 2 N–H and O–H groups in total. The standard InChI is InChI=1S/C21H19ClN2O2/c22-18-11-5-4-8-16(18)14-24-21(25)15-23-19-12-6-7-13-20(19)26-17-9-2-1-3-10-17/h1-13,23H,14-15H2,(H,24,25). The van der Waals surface area contributed by atoms with E-state index in [-0.39, 0.29) is 12.5 Å². The van der Waals surface area contributed by atoms with E-state index in [1.54, 1.807) is 6.07 Å². The molecule has 3 aromatic carbocycles. The van der Waals surface area contributed by atoms with Crippen LogP contribution in [-0.2, 0) is 11.3 Å². The van der Waals surface area contributed by atoms with E-state index >= 15 is 0 Å². The summed E-state index contributed by atoms with van der Waals surface area (Å²) in [7, 11) is 0. The molecule has 0 heterocycles. The Morgan fingerprint density at radius 1 is 0.885 bits per heavy atom. The van der Waals surface area contributed by atoms with E-state index in [0.717, 1.165) is 17.0 Å². The van der Waals surface area contributed by atoms with Crippen molar-refractivity contribution in [2.75, 3.05) is 11.9 Å². The molecule has 0 saturated heterocycles. The third kappa shape index (κ3) is 5.01. The Morgan fingerprint density at radius 3 is 2.38 bits per heavy atom. The molecule has 3 rings (SSSR count). The molecular formula is C21H19ClN2O2. The van der Waals surface area contributed by atoms with Gasteiger partial charge in [0.15, 0.2) is 5.75 Å². The maximum Gasteiger partial charge on any atom is 0.239 e. The molecule has 0 aliphatic rings. The Hall–Kier alpha value is -2.98. The summed E-state index contributed by atoms with van der Waals surface area (Å²) in [4.78, 5) is 12.1. The van der Waals surface area contributed by atoms with Gasteiger partial charge >= 0.3 is 0 Å². The van der Waals surface area contributed by atoms with Crippen LogP contribution in [0.2, 0.25) is 5.02 Å². The number of halogens is 1. The van der Waals surface area contributed by atoms with Gasteiger partial charge in [-0.2, -0.15) is 0 Å². The fraction of sp³-hybridized carbons (Fsp3) is 0.0952. The van der Waals surface area contributed by atoms with Crippen LogP contribution in [0.4, 0.5) is 5.69 Å². The van der Waals surface area contributed by atoms with Gasteiger partial charge in [0.05, 0.1) is 12.2 Å². The number of para-hydroxylation sites is 3. The Kier molecular flexibility index (Phi) is 6.12. The van der Waals surface area contributed by atoms with Crippen molar-refractivity contribution in [3.05, 3.63) is 89.4 Å². The van der Waals surface area contributed by atoms with Gasteiger partial charge in [0.25, 0.3) is 0 Å². The van der Waals surface area contributed by atoms with Gasteiger partial charge in [-0.15, -0.1) is 0 Å². The lowest BCUT2D eigenvalue weighted by molar-refractivity contribution is -0.119. The van der Waals surface area contributed by atoms with Gasteiger partial charge in [-0.05, 0) is 35.9 Å². The third-order valence-electron chi connectivity index (χ3n) is 3.73. The van der Waals surface area contributed by atoms with Crippen LogP contribution in [0.25, 0.3) is 0 Å². The van der Waals surface area contributed by atoms with E-state index in [1.165, 1.54) is 0 Å². The van der Waals surface area contributed by atoms with Crippen molar-refractivity contribution in [3.63, 3.8) is 0 Å². The summed E-state index contributed by atoms with van der Waals surface area (Å²) in [5.41, 5.74) is 1.64. The molecule has 132 valence electrons. The van der Waals surface area contributed by atoms with Crippen LogP contribution in [-0.4, -0.2) is 12.5 Å². The van der Waals surface area contributed by atoms with Crippen LogP contribution in [0.15, 0.2) is 78.9 Å². The van der Waals surface area contributed by atoms with E-state index in [1.807, 2.05) is 72.8 Å². The zero-order valence-corrected chi connectivity index (χ0v) is 14.9. The van der Waals surface area contributed by atoms with Crippen molar-refractivity contribution in [2.24, 2.45) is 0 Å². The van der Waals surface area contributed by atoms with E-state index < -0.39 is 0 Å². The number of nitrogens with one attached hydrogen (secondary N) is 2. The Morgan fingerprint density at radius 2 is 1.58 bits per heavy atom. The van der Waals surface area contributed by atoms with Crippen LogP contribution in [0.3, 0.4) is 0 Å². The molecule has 0 atom stereocenters. The van der Waals surface area contributed by atoms with Gasteiger partial charge in [-0.25, -0.2) is 0 Å². The van der Waals surface area contributed by atoms with E-state index in [0.29, 0.717) is 17.3 Å². The summed E-state index contributed by atoms with van der Waals surface area (Å²) < 4.78 is 5.88. The number of amides is 1. The zero-order valence-electron chi connectivity index (χ0n) is 14.1. The predicted molar refractivity (Wildman–Crippen MR) is 105 cm³/mol.